The summed E-state index contributed by atoms with van der Waals surface area (Å²) in [6, 6.07) is 0.840. The first kappa shape index (κ1) is 14.8. The number of rotatable bonds is 5. The van der Waals surface area contributed by atoms with Crippen LogP contribution in [-0.2, 0) is 11.2 Å². The molecule has 5 nitrogen and oxygen atoms in total. The van der Waals surface area contributed by atoms with E-state index in [1.165, 1.54) is 10.4 Å². The van der Waals surface area contributed by atoms with Crippen LogP contribution < -0.4 is 10.6 Å². The summed E-state index contributed by atoms with van der Waals surface area (Å²) >= 11 is 1.72. The summed E-state index contributed by atoms with van der Waals surface area (Å²) < 4.78 is 0. The molecule has 0 fully saturated rings. The number of urea groups is 1. The lowest BCUT2D eigenvalue weighted by atomic mass is 9.94. The van der Waals surface area contributed by atoms with E-state index >= 15 is 0 Å². The fraction of sp³-hybridized carbons (Fsp3) is 0.571. The third-order valence-corrected chi connectivity index (χ3v) is 4.53. The highest BCUT2D eigenvalue weighted by molar-refractivity contribution is 7.10. The van der Waals surface area contributed by atoms with E-state index in [2.05, 4.69) is 10.6 Å². The van der Waals surface area contributed by atoms with Crippen molar-refractivity contribution in [3.8, 4) is 0 Å². The van der Waals surface area contributed by atoms with Crippen molar-refractivity contribution < 1.29 is 14.7 Å². The van der Waals surface area contributed by atoms with Crippen LogP contribution in [0.4, 0.5) is 4.79 Å². The Bertz CT molecular complexity index is 487. The van der Waals surface area contributed by atoms with Crippen LogP contribution >= 0.6 is 11.3 Å². The van der Waals surface area contributed by atoms with Gasteiger partial charge in [0.05, 0.1) is 6.04 Å². The predicted octanol–water partition coefficient (Wildman–Crippen LogP) is 2.68. The number of hydrogen-bond acceptors (Lipinski definition) is 3. The molecule has 2 amide bonds. The topological polar surface area (TPSA) is 78.4 Å². The quantitative estimate of drug-likeness (QED) is 0.781. The number of nitrogens with one attached hydrogen (secondary N) is 2. The molecule has 0 saturated heterocycles. The van der Waals surface area contributed by atoms with Gasteiger partial charge in [0.15, 0.2) is 0 Å². The highest BCUT2D eigenvalue weighted by atomic mass is 32.1. The molecule has 0 radical (unpaired) electrons. The van der Waals surface area contributed by atoms with Crippen molar-refractivity contribution in [3.63, 3.8) is 0 Å². The normalized spacial score (nSPS) is 18.9. The molecular formula is C14H20N2O3S. The van der Waals surface area contributed by atoms with Gasteiger partial charge in [0, 0.05) is 4.88 Å². The first-order chi connectivity index (χ1) is 9.61. The molecule has 0 spiro atoms. The second kappa shape index (κ2) is 6.74. The zero-order chi connectivity index (χ0) is 14.5. The van der Waals surface area contributed by atoms with Crippen molar-refractivity contribution in [2.45, 2.75) is 51.1 Å². The molecule has 1 aromatic rings. The van der Waals surface area contributed by atoms with E-state index in [1.807, 2.05) is 18.4 Å². The monoisotopic (exact) mass is 296 g/mol. The van der Waals surface area contributed by atoms with E-state index < -0.39 is 18.0 Å². The van der Waals surface area contributed by atoms with Gasteiger partial charge in [0.2, 0.25) is 0 Å². The van der Waals surface area contributed by atoms with Crippen molar-refractivity contribution in [2.24, 2.45) is 0 Å². The Morgan fingerprint density at radius 3 is 3.05 bits per heavy atom. The Morgan fingerprint density at radius 2 is 2.35 bits per heavy atom. The Balaban J connectivity index is 1.94. The minimum atomic E-state index is -0.984. The average molecular weight is 296 g/mol. The number of carbonyl (C=O) groups is 2. The molecule has 0 aliphatic heterocycles. The number of amides is 2. The van der Waals surface area contributed by atoms with Crippen molar-refractivity contribution in [2.75, 3.05) is 0 Å². The highest BCUT2D eigenvalue weighted by Crippen LogP contribution is 2.33. The Kier molecular flexibility index (Phi) is 5.00. The largest absolute Gasteiger partial charge is 0.480 e. The Morgan fingerprint density at radius 1 is 1.55 bits per heavy atom. The number of carboxylic acids is 1. The molecule has 0 bridgehead atoms. The van der Waals surface area contributed by atoms with Crippen molar-refractivity contribution >= 4 is 23.3 Å². The van der Waals surface area contributed by atoms with Gasteiger partial charge in [-0.05, 0) is 42.7 Å². The first-order valence-corrected chi connectivity index (χ1v) is 7.86. The SMILES string of the molecule is CCC[C@@H](NC(=O)NC1CCCc2sccc21)C(=O)O. The smallest absolute Gasteiger partial charge is 0.326 e. The van der Waals surface area contributed by atoms with Crippen LogP contribution in [0.2, 0.25) is 0 Å². The summed E-state index contributed by atoms with van der Waals surface area (Å²) in [6.07, 6.45) is 4.19. The van der Waals surface area contributed by atoms with E-state index in [9.17, 15) is 9.59 Å². The van der Waals surface area contributed by atoms with E-state index in [4.69, 9.17) is 5.11 Å². The Hall–Kier alpha value is -1.56. The lowest BCUT2D eigenvalue weighted by molar-refractivity contribution is -0.139. The number of fused-ring (bicyclic) bond motifs is 1. The van der Waals surface area contributed by atoms with Gasteiger partial charge < -0.3 is 15.7 Å². The second-order valence-electron chi connectivity index (χ2n) is 5.04. The first-order valence-electron chi connectivity index (χ1n) is 6.98. The van der Waals surface area contributed by atoms with Crippen LogP contribution in [0.3, 0.4) is 0 Å². The number of carbonyl (C=O) groups excluding carboxylic acids is 1. The fourth-order valence-corrected chi connectivity index (χ4v) is 3.53. The van der Waals surface area contributed by atoms with Crippen LogP contribution in [0.25, 0.3) is 0 Å². The number of aliphatic carboxylic acids is 1. The maximum Gasteiger partial charge on any atom is 0.326 e. The van der Waals surface area contributed by atoms with Gasteiger partial charge in [-0.15, -0.1) is 11.3 Å². The van der Waals surface area contributed by atoms with Crippen molar-refractivity contribution in [3.05, 3.63) is 21.9 Å². The summed E-state index contributed by atoms with van der Waals surface area (Å²) in [4.78, 5) is 24.3. The van der Waals surface area contributed by atoms with Crippen LogP contribution in [0, 0.1) is 0 Å². The molecule has 1 aromatic heterocycles. The minimum absolute atomic E-state index is 0.000992. The van der Waals surface area contributed by atoms with Gasteiger partial charge in [0.25, 0.3) is 0 Å². The summed E-state index contributed by atoms with van der Waals surface area (Å²) in [5.41, 5.74) is 1.18. The van der Waals surface area contributed by atoms with Gasteiger partial charge in [-0.2, -0.15) is 0 Å². The number of hydrogen-bond donors (Lipinski definition) is 3. The standard InChI is InChI=1S/C14H20N2O3S/c1-2-4-11(13(17)18)16-14(19)15-10-5-3-6-12-9(10)7-8-20-12/h7-8,10-11H,2-6H2,1H3,(H,17,18)(H2,15,16,19)/t10?,11-/m1/s1. The minimum Gasteiger partial charge on any atom is -0.480 e. The maximum atomic E-state index is 12.0. The molecule has 1 aliphatic rings. The molecule has 20 heavy (non-hydrogen) atoms. The molecule has 6 heteroatoms. The predicted molar refractivity (Wildman–Crippen MR) is 78.0 cm³/mol. The molecular weight excluding hydrogens is 276 g/mol. The zero-order valence-electron chi connectivity index (χ0n) is 11.5. The third-order valence-electron chi connectivity index (χ3n) is 3.54. The van der Waals surface area contributed by atoms with Crippen LogP contribution in [-0.4, -0.2) is 23.1 Å². The van der Waals surface area contributed by atoms with Gasteiger partial charge in [-0.3, -0.25) is 0 Å². The summed E-state index contributed by atoms with van der Waals surface area (Å²) in [5.74, 6) is -0.984. The average Bonchev–Trinajstić information content (AvgIpc) is 2.87. The van der Waals surface area contributed by atoms with Gasteiger partial charge in [0.1, 0.15) is 6.04 Å². The Labute approximate surface area is 122 Å². The number of carboxylic acid groups (broad SMARTS) is 1. The number of thiophene rings is 1. The van der Waals surface area contributed by atoms with E-state index in [1.54, 1.807) is 11.3 Å². The highest BCUT2D eigenvalue weighted by Gasteiger charge is 2.24. The lowest BCUT2D eigenvalue weighted by Gasteiger charge is -2.24. The van der Waals surface area contributed by atoms with E-state index in [0.717, 1.165) is 25.7 Å². The molecule has 2 rings (SSSR count). The fourth-order valence-electron chi connectivity index (χ4n) is 2.54. The summed E-state index contributed by atoms with van der Waals surface area (Å²) in [6.45, 7) is 1.90. The van der Waals surface area contributed by atoms with E-state index in [-0.39, 0.29) is 6.04 Å². The molecule has 0 saturated carbocycles. The van der Waals surface area contributed by atoms with Crippen LogP contribution in [0.15, 0.2) is 11.4 Å². The van der Waals surface area contributed by atoms with E-state index in [0.29, 0.717) is 6.42 Å². The van der Waals surface area contributed by atoms with Crippen molar-refractivity contribution in [1.29, 1.82) is 0 Å². The third kappa shape index (κ3) is 3.50. The number of aryl methyl sites for hydroxylation is 1. The molecule has 3 N–H and O–H groups in total. The van der Waals surface area contributed by atoms with Crippen molar-refractivity contribution in [1.82, 2.24) is 10.6 Å². The van der Waals surface area contributed by atoms with Crippen LogP contribution in [0.5, 0.6) is 0 Å². The van der Waals surface area contributed by atoms with Gasteiger partial charge >= 0.3 is 12.0 Å². The molecule has 1 aliphatic carbocycles. The second-order valence-corrected chi connectivity index (χ2v) is 6.04. The lowest BCUT2D eigenvalue weighted by Crippen LogP contribution is -2.47. The molecule has 2 atom stereocenters. The molecule has 1 heterocycles. The molecule has 0 aromatic carbocycles. The molecule has 1 unspecified atom stereocenters. The maximum absolute atomic E-state index is 12.0. The zero-order valence-corrected chi connectivity index (χ0v) is 12.3. The van der Waals surface area contributed by atoms with Gasteiger partial charge in [-0.25, -0.2) is 9.59 Å². The summed E-state index contributed by atoms with van der Waals surface area (Å²) in [5, 5.41) is 16.5. The van der Waals surface area contributed by atoms with Gasteiger partial charge in [-0.1, -0.05) is 13.3 Å². The van der Waals surface area contributed by atoms with Crippen LogP contribution in [0.1, 0.15) is 49.1 Å². The summed E-state index contributed by atoms with van der Waals surface area (Å²) in [7, 11) is 0. The molecule has 110 valence electrons.